The Bertz CT molecular complexity index is 721. The minimum Gasteiger partial charge on any atom is -0.544 e. The second-order valence-electron chi connectivity index (χ2n) is 5.09. The summed E-state index contributed by atoms with van der Waals surface area (Å²) in [5.74, 6) is 0.763. The minimum absolute atomic E-state index is 0. The Morgan fingerprint density at radius 2 is 1.08 bits per heavy atom. The maximum atomic E-state index is 9.66. The molecule has 0 bridgehead atoms. The van der Waals surface area contributed by atoms with Crippen LogP contribution in [0.4, 0.5) is 0 Å². The van der Waals surface area contributed by atoms with Gasteiger partial charge >= 0.3 is 22.4 Å². The molecular formula is C22H19AuO2P+. The van der Waals surface area contributed by atoms with Crippen LogP contribution in [0.1, 0.15) is 0 Å². The summed E-state index contributed by atoms with van der Waals surface area (Å²) in [6, 6.07) is 32.5. The fraction of sp³-hybridized carbons (Fsp3) is 0.0455. The average Bonchev–Trinajstić information content (AvgIpc) is 2.70. The van der Waals surface area contributed by atoms with Gasteiger partial charge in [-0.2, -0.15) is 0 Å². The largest absolute Gasteiger partial charge is 1.00 e. The maximum Gasteiger partial charge on any atom is 1.00 e. The Morgan fingerprint density at radius 1 is 0.769 bits per heavy atom. The van der Waals surface area contributed by atoms with Crippen LogP contribution in [0.5, 0.6) is 0 Å². The number of hydrogen-bond donors (Lipinski definition) is 0. The molecule has 0 aliphatic carbocycles. The first kappa shape index (κ1) is 21.9. The standard InChI is InChI=1S/C18H15P.C4H3O2.Au/c1-4-10-16(11-5-1)19(17-12-6-2-7-13-17)18-14-8-3-9-15-18;1-3-4(5)6-2;/h1-15H;2H3;/q;-1;+1/p+1. The van der Waals surface area contributed by atoms with Crippen molar-refractivity contribution in [3.63, 3.8) is 0 Å². The minimum atomic E-state index is -0.877. The molecule has 3 aromatic rings. The number of rotatable bonds is 3. The van der Waals surface area contributed by atoms with Gasteiger partial charge in [-0.15, -0.1) is 0 Å². The Hall–Kier alpha value is -2.14. The molecule has 0 fully saturated rings. The van der Waals surface area contributed by atoms with Crippen LogP contribution in [0.3, 0.4) is 0 Å². The van der Waals surface area contributed by atoms with Crippen LogP contribution < -0.4 is 15.9 Å². The van der Waals surface area contributed by atoms with Crippen molar-refractivity contribution in [3.8, 4) is 5.92 Å². The summed E-state index contributed by atoms with van der Waals surface area (Å²) in [5.41, 5.74) is 0. The van der Waals surface area contributed by atoms with E-state index in [1.165, 1.54) is 28.9 Å². The van der Waals surface area contributed by atoms with Gasteiger partial charge in [0.2, 0.25) is 5.97 Å². The Kier molecular flexibility index (Phi) is 10.3. The van der Waals surface area contributed by atoms with Crippen LogP contribution in [-0.4, -0.2) is 13.1 Å². The fourth-order valence-corrected chi connectivity index (χ4v) is 4.94. The average molecular weight is 543 g/mol. The first-order chi connectivity index (χ1) is 12.3. The van der Waals surface area contributed by atoms with Crippen LogP contribution >= 0.6 is 7.92 Å². The van der Waals surface area contributed by atoms with Crippen molar-refractivity contribution < 1.29 is 31.9 Å². The Labute approximate surface area is 171 Å². The Balaban J connectivity index is 0.000000422. The molecule has 3 aromatic carbocycles. The van der Waals surface area contributed by atoms with Gasteiger partial charge in [-0.3, -0.25) is 0 Å². The predicted molar refractivity (Wildman–Crippen MR) is 106 cm³/mol. The van der Waals surface area contributed by atoms with Crippen molar-refractivity contribution >= 4 is 29.8 Å². The zero-order valence-corrected chi connectivity index (χ0v) is 17.4. The van der Waals surface area contributed by atoms with E-state index in [1.54, 1.807) is 0 Å². The van der Waals surface area contributed by atoms with Crippen molar-refractivity contribution in [3.05, 3.63) is 97.4 Å². The molecular weight excluding hydrogens is 524 g/mol. The van der Waals surface area contributed by atoms with E-state index in [-0.39, 0.29) is 22.4 Å². The number of carbonyl (C=O) groups excluding carboxylic acids is 1. The van der Waals surface area contributed by atoms with Gasteiger partial charge in [0.05, 0.1) is 15.0 Å². The van der Waals surface area contributed by atoms with Crippen molar-refractivity contribution in [1.29, 1.82) is 0 Å². The number of esters is 1. The summed E-state index contributed by atoms with van der Waals surface area (Å²) in [5, 5.41) is 4.31. The van der Waals surface area contributed by atoms with E-state index in [0.717, 1.165) is 0 Å². The third kappa shape index (κ3) is 6.64. The van der Waals surface area contributed by atoms with Crippen molar-refractivity contribution in [2.24, 2.45) is 0 Å². The zero-order valence-electron chi connectivity index (χ0n) is 14.3. The molecule has 2 nitrogen and oxygen atoms in total. The van der Waals surface area contributed by atoms with Crippen LogP contribution in [0.15, 0.2) is 91.0 Å². The topological polar surface area (TPSA) is 26.3 Å². The first-order valence-electron chi connectivity index (χ1n) is 7.80. The summed E-state index contributed by atoms with van der Waals surface area (Å²) in [6.45, 7) is 0. The van der Waals surface area contributed by atoms with E-state index in [0.29, 0.717) is 0 Å². The van der Waals surface area contributed by atoms with Crippen molar-refractivity contribution in [2.45, 2.75) is 0 Å². The number of ether oxygens (including phenoxy) is 1. The molecule has 0 aromatic heterocycles. The van der Waals surface area contributed by atoms with E-state index in [4.69, 9.17) is 6.42 Å². The quantitative estimate of drug-likeness (QED) is 0.167. The van der Waals surface area contributed by atoms with E-state index >= 15 is 0 Å². The molecule has 134 valence electrons. The summed E-state index contributed by atoms with van der Waals surface area (Å²) < 4.78 is 3.96. The van der Waals surface area contributed by atoms with E-state index in [2.05, 4.69) is 95.7 Å². The van der Waals surface area contributed by atoms with Gasteiger partial charge < -0.3 is 16.0 Å². The SMILES string of the molecule is [Au+].[C-]#CC(=O)OC.c1ccc([PH+](c2ccccc2)c2ccccc2)cc1. The van der Waals surface area contributed by atoms with Crippen molar-refractivity contribution in [1.82, 2.24) is 0 Å². The fourth-order valence-electron chi connectivity index (χ4n) is 2.37. The Morgan fingerprint density at radius 3 is 1.27 bits per heavy atom. The first-order valence-corrected chi connectivity index (χ1v) is 9.30. The molecule has 0 saturated carbocycles. The zero-order chi connectivity index (χ0) is 17.9. The van der Waals surface area contributed by atoms with Crippen molar-refractivity contribution in [2.75, 3.05) is 7.11 Å². The molecule has 3 rings (SSSR count). The predicted octanol–water partition coefficient (Wildman–Crippen LogP) is 2.92. The van der Waals surface area contributed by atoms with Gasteiger partial charge in [-0.05, 0) is 36.4 Å². The van der Waals surface area contributed by atoms with E-state index in [9.17, 15) is 4.79 Å². The maximum absolute atomic E-state index is 9.66. The number of carbonyl (C=O) groups is 1. The molecule has 0 heterocycles. The molecule has 0 aliphatic rings. The molecule has 26 heavy (non-hydrogen) atoms. The molecule has 0 spiro atoms. The van der Waals surface area contributed by atoms with Gasteiger partial charge in [0.1, 0.15) is 15.9 Å². The summed E-state index contributed by atoms with van der Waals surface area (Å²) >= 11 is 0. The second-order valence-corrected chi connectivity index (χ2v) is 7.57. The molecule has 0 aliphatic heterocycles. The number of methoxy groups -OCH3 is 1. The van der Waals surface area contributed by atoms with Crippen LogP contribution in [0, 0.1) is 12.3 Å². The third-order valence-electron chi connectivity index (χ3n) is 3.47. The van der Waals surface area contributed by atoms with Gasteiger partial charge in [0.15, 0.2) is 0 Å². The molecule has 0 saturated heterocycles. The molecule has 0 atom stereocenters. The molecule has 0 unspecified atom stereocenters. The van der Waals surface area contributed by atoms with Gasteiger partial charge in [0.25, 0.3) is 0 Å². The third-order valence-corrected chi connectivity index (χ3v) is 6.21. The van der Waals surface area contributed by atoms with Crippen LogP contribution in [0.2, 0.25) is 0 Å². The summed E-state index contributed by atoms with van der Waals surface area (Å²) in [4.78, 5) is 9.66. The summed E-state index contributed by atoms with van der Waals surface area (Å²) in [6.07, 6.45) is 6.08. The molecule has 0 N–H and O–H groups in total. The van der Waals surface area contributed by atoms with Gasteiger partial charge in [0, 0.05) is 0 Å². The van der Waals surface area contributed by atoms with Crippen LogP contribution in [0.25, 0.3) is 0 Å². The van der Waals surface area contributed by atoms with Gasteiger partial charge in [-0.25, -0.2) is 5.92 Å². The number of benzene rings is 3. The van der Waals surface area contributed by atoms with E-state index in [1.807, 2.05) is 0 Å². The molecule has 0 amide bonds. The second kappa shape index (κ2) is 12.3. The monoisotopic (exact) mass is 543 g/mol. The normalized spacial score (nSPS) is 9.12. The van der Waals surface area contributed by atoms with Gasteiger partial charge in [-0.1, -0.05) is 54.6 Å². The van der Waals surface area contributed by atoms with Crippen LogP contribution in [-0.2, 0) is 31.9 Å². The molecule has 0 radical (unpaired) electrons. The summed E-state index contributed by atoms with van der Waals surface area (Å²) in [7, 11) is 0.321. The number of hydrogen-bond acceptors (Lipinski definition) is 2. The molecule has 4 heteroatoms. The van der Waals surface area contributed by atoms with E-state index < -0.39 is 13.9 Å². The smallest absolute Gasteiger partial charge is 0.544 e.